The Bertz CT molecular complexity index is 638. The molecule has 0 saturated carbocycles. The van der Waals surface area contributed by atoms with Gasteiger partial charge in [-0.2, -0.15) is 10.1 Å². The molecule has 0 spiro atoms. The lowest BCUT2D eigenvalue weighted by Gasteiger charge is -2.04. The van der Waals surface area contributed by atoms with Crippen molar-refractivity contribution in [2.45, 2.75) is 11.3 Å². The lowest BCUT2D eigenvalue weighted by molar-refractivity contribution is -0.115. The van der Waals surface area contributed by atoms with Crippen LogP contribution >= 0.6 is 0 Å². The molecule has 2 aromatic rings. The molecule has 0 bridgehead atoms. The van der Waals surface area contributed by atoms with E-state index < -0.39 is 15.7 Å². The Balaban J connectivity index is 1.93. The number of H-pyrrole nitrogens is 1. The van der Waals surface area contributed by atoms with Crippen molar-refractivity contribution >= 4 is 21.7 Å². The van der Waals surface area contributed by atoms with Crippen LogP contribution in [-0.4, -0.2) is 35.3 Å². The predicted octanol–water partition coefficient (Wildman–Crippen LogP) is 0.607. The quantitative estimate of drug-likeness (QED) is 0.834. The van der Waals surface area contributed by atoms with Gasteiger partial charge in [0.05, 0.1) is 10.6 Å². The van der Waals surface area contributed by atoms with E-state index >= 15 is 0 Å². The van der Waals surface area contributed by atoms with E-state index in [0.717, 1.165) is 0 Å². The molecule has 0 aliphatic rings. The Morgan fingerprint density at radius 2 is 2.00 bits per heavy atom. The fraction of sp³-hybridized carbons (Fsp3) is 0.182. The summed E-state index contributed by atoms with van der Waals surface area (Å²) in [5.74, 6) is -0.491. The highest BCUT2D eigenvalue weighted by atomic mass is 32.2. The predicted molar refractivity (Wildman–Crippen MR) is 68.1 cm³/mol. The number of benzene rings is 1. The lowest BCUT2D eigenvalue weighted by Crippen LogP contribution is -2.18. The summed E-state index contributed by atoms with van der Waals surface area (Å²) in [6.07, 6.45) is 1.11. The standard InChI is InChI=1S/C11H12N4O3S/c16-10(14-11-12-8-13-15-11)6-7-19(17,18)9-4-2-1-3-5-9/h1-5,8H,6-7H2,(H2,12,13,14,15,16). The summed E-state index contributed by atoms with van der Waals surface area (Å²) in [6, 6.07) is 8.02. The highest BCUT2D eigenvalue weighted by Gasteiger charge is 2.16. The number of sulfone groups is 1. The minimum Gasteiger partial charge on any atom is -0.295 e. The number of rotatable bonds is 5. The molecular formula is C11H12N4O3S. The SMILES string of the molecule is O=C(CCS(=O)(=O)c1ccccc1)Nc1ncn[nH]1. The first-order valence-corrected chi connectivity index (χ1v) is 7.16. The fourth-order valence-electron chi connectivity index (χ4n) is 1.43. The number of aromatic amines is 1. The molecule has 0 atom stereocenters. The maximum absolute atomic E-state index is 11.9. The van der Waals surface area contributed by atoms with Crippen LogP contribution < -0.4 is 5.32 Å². The van der Waals surface area contributed by atoms with Crippen molar-refractivity contribution < 1.29 is 13.2 Å². The molecule has 8 heteroatoms. The van der Waals surface area contributed by atoms with Gasteiger partial charge in [0, 0.05) is 6.42 Å². The van der Waals surface area contributed by atoms with E-state index in [4.69, 9.17) is 0 Å². The molecule has 1 heterocycles. The van der Waals surface area contributed by atoms with Crippen molar-refractivity contribution in [1.29, 1.82) is 0 Å². The van der Waals surface area contributed by atoms with E-state index in [2.05, 4.69) is 20.5 Å². The Hall–Kier alpha value is -2.22. The van der Waals surface area contributed by atoms with Crippen LogP contribution in [-0.2, 0) is 14.6 Å². The minimum atomic E-state index is -3.44. The van der Waals surface area contributed by atoms with Crippen LogP contribution in [0.15, 0.2) is 41.6 Å². The summed E-state index contributed by atoms with van der Waals surface area (Å²) in [6.45, 7) is 0. The van der Waals surface area contributed by atoms with E-state index in [1.807, 2.05) is 0 Å². The van der Waals surface area contributed by atoms with Crippen molar-refractivity contribution in [3.8, 4) is 0 Å². The largest absolute Gasteiger partial charge is 0.295 e. The zero-order valence-electron chi connectivity index (χ0n) is 9.91. The van der Waals surface area contributed by atoms with Crippen molar-refractivity contribution in [3.05, 3.63) is 36.7 Å². The lowest BCUT2D eigenvalue weighted by atomic mass is 10.4. The molecule has 1 aromatic heterocycles. The number of aromatic nitrogens is 3. The third-order valence-corrected chi connectivity index (χ3v) is 4.10. The highest BCUT2D eigenvalue weighted by Crippen LogP contribution is 2.11. The number of hydrogen-bond acceptors (Lipinski definition) is 5. The van der Waals surface area contributed by atoms with Crippen LogP contribution in [0.25, 0.3) is 0 Å². The molecule has 19 heavy (non-hydrogen) atoms. The van der Waals surface area contributed by atoms with Gasteiger partial charge in [-0.15, -0.1) is 0 Å². The molecule has 0 fully saturated rings. The van der Waals surface area contributed by atoms with Crippen LogP contribution in [0.2, 0.25) is 0 Å². The summed E-state index contributed by atoms with van der Waals surface area (Å²) in [5, 5.41) is 8.43. The normalized spacial score (nSPS) is 11.2. The van der Waals surface area contributed by atoms with E-state index in [9.17, 15) is 13.2 Å². The van der Waals surface area contributed by atoms with Gasteiger partial charge in [-0.1, -0.05) is 18.2 Å². The summed E-state index contributed by atoms with van der Waals surface area (Å²) in [4.78, 5) is 15.4. The van der Waals surface area contributed by atoms with Gasteiger partial charge in [0.25, 0.3) is 0 Å². The third-order valence-electron chi connectivity index (χ3n) is 2.37. The van der Waals surface area contributed by atoms with E-state index in [-0.39, 0.29) is 23.0 Å². The second kappa shape index (κ2) is 5.61. The number of carbonyl (C=O) groups excluding carboxylic acids is 1. The average Bonchev–Trinajstić information content (AvgIpc) is 2.90. The Morgan fingerprint density at radius 1 is 1.26 bits per heavy atom. The molecule has 1 amide bonds. The summed E-state index contributed by atoms with van der Waals surface area (Å²) in [5.41, 5.74) is 0. The molecule has 0 radical (unpaired) electrons. The number of carbonyl (C=O) groups is 1. The average molecular weight is 280 g/mol. The van der Waals surface area contributed by atoms with E-state index in [1.54, 1.807) is 18.2 Å². The van der Waals surface area contributed by atoms with Crippen molar-refractivity contribution in [2.75, 3.05) is 11.1 Å². The molecule has 100 valence electrons. The van der Waals surface area contributed by atoms with E-state index in [1.165, 1.54) is 18.5 Å². The van der Waals surface area contributed by atoms with Gasteiger partial charge in [-0.25, -0.2) is 13.5 Å². The van der Waals surface area contributed by atoms with Gasteiger partial charge in [0.2, 0.25) is 11.9 Å². The van der Waals surface area contributed by atoms with Crippen LogP contribution in [0.1, 0.15) is 6.42 Å². The number of hydrogen-bond donors (Lipinski definition) is 2. The van der Waals surface area contributed by atoms with Gasteiger partial charge >= 0.3 is 0 Å². The number of nitrogens with zero attached hydrogens (tertiary/aromatic N) is 2. The Morgan fingerprint density at radius 3 is 2.63 bits per heavy atom. The van der Waals surface area contributed by atoms with Gasteiger partial charge in [0.1, 0.15) is 6.33 Å². The molecule has 0 unspecified atom stereocenters. The topological polar surface area (TPSA) is 105 Å². The molecule has 2 N–H and O–H groups in total. The smallest absolute Gasteiger partial charge is 0.227 e. The first kappa shape index (κ1) is 13.2. The molecule has 1 aromatic carbocycles. The van der Waals surface area contributed by atoms with Crippen LogP contribution in [0.3, 0.4) is 0 Å². The van der Waals surface area contributed by atoms with Crippen LogP contribution in [0.4, 0.5) is 5.95 Å². The van der Waals surface area contributed by atoms with Gasteiger partial charge in [0.15, 0.2) is 9.84 Å². The van der Waals surface area contributed by atoms with E-state index in [0.29, 0.717) is 0 Å². The summed E-state index contributed by atoms with van der Waals surface area (Å²) >= 11 is 0. The molecule has 2 rings (SSSR count). The first-order valence-electron chi connectivity index (χ1n) is 5.51. The molecule has 0 saturated heterocycles. The second-order valence-electron chi connectivity index (χ2n) is 3.76. The van der Waals surface area contributed by atoms with Crippen LogP contribution in [0.5, 0.6) is 0 Å². The number of anilines is 1. The first-order chi connectivity index (χ1) is 9.08. The molecule has 0 aliphatic heterocycles. The fourth-order valence-corrected chi connectivity index (χ4v) is 2.69. The monoisotopic (exact) mass is 280 g/mol. The second-order valence-corrected chi connectivity index (χ2v) is 5.87. The third kappa shape index (κ3) is 3.62. The maximum Gasteiger partial charge on any atom is 0.227 e. The van der Waals surface area contributed by atoms with Gasteiger partial charge in [-0.05, 0) is 12.1 Å². The van der Waals surface area contributed by atoms with Gasteiger partial charge < -0.3 is 0 Å². The zero-order valence-corrected chi connectivity index (χ0v) is 10.7. The van der Waals surface area contributed by atoms with Crippen molar-refractivity contribution in [2.24, 2.45) is 0 Å². The molecular weight excluding hydrogens is 268 g/mol. The van der Waals surface area contributed by atoms with Gasteiger partial charge in [-0.3, -0.25) is 10.1 Å². The molecule has 0 aliphatic carbocycles. The number of nitrogens with one attached hydrogen (secondary N) is 2. The maximum atomic E-state index is 11.9. The Kier molecular flexibility index (Phi) is 3.91. The van der Waals surface area contributed by atoms with Crippen molar-refractivity contribution in [3.63, 3.8) is 0 Å². The Labute approximate surface area is 110 Å². The number of amides is 1. The van der Waals surface area contributed by atoms with Crippen LogP contribution in [0, 0.1) is 0 Å². The minimum absolute atomic E-state index is 0.141. The van der Waals surface area contributed by atoms with Crippen molar-refractivity contribution in [1.82, 2.24) is 15.2 Å². The molecule has 7 nitrogen and oxygen atoms in total. The zero-order chi connectivity index (χ0) is 13.7. The summed E-state index contributed by atoms with van der Waals surface area (Å²) in [7, 11) is -3.44. The highest BCUT2D eigenvalue weighted by molar-refractivity contribution is 7.91. The summed E-state index contributed by atoms with van der Waals surface area (Å²) < 4.78 is 23.8.